The number of carbonyl (C=O) groups is 1. The van der Waals surface area contributed by atoms with E-state index >= 15 is 0 Å². The minimum absolute atomic E-state index is 0.144. The molecule has 7 heteroatoms. The number of anilines is 1. The van der Waals surface area contributed by atoms with Crippen molar-refractivity contribution in [3.63, 3.8) is 0 Å². The summed E-state index contributed by atoms with van der Waals surface area (Å²) in [4.78, 5) is 15.7. The first-order chi connectivity index (χ1) is 11.7. The molecule has 6 nitrogen and oxygen atoms in total. The number of aromatic nitrogens is 1. The number of carbonyl (C=O) groups excluding carboxylic acids is 1. The Balaban J connectivity index is 1.48. The molecule has 4 rings (SSSR count). The van der Waals surface area contributed by atoms with E-state index in [1.54, 1.807) is 23.7 Å². The van der Waals surface area contributed by atoms with Gasteiger partial charge in [0.1, 0.15) is 5.76 Å². The topological polar surface area (TPSA) is 71.5 Å². The molecule has 0 saturated carbocycles. The van der Waals surface area contributed by atoms with E-state index in [1.165, 1.54) is 4.88 Å². The Morgan fingerprint density at radius 2 is 2.38 bits per heavy atom. The third kappa shape index (κ3) is 2.71. The Kier molecular flexibility index (Phi) is 3.86. The van der Waals surface area contributed by atoms with E-state index in [0.717, 1.165) is 30.7 Å². The maximum absolute atomic E-state index is 12.6. The Hall–Kier alpha value is -2.54. The number of nitrogens with zero attached hydrogens (tertiary/aromatic N) is 2. The largest absolute Gasteiger partial charge is 0.469 e. The van der Waals surface area contributed by atoms with E-state index in [9.17, 15) is 4.79 Å². The average Bonchev–Trinajstić information content (AvgIpc) is 3.34. The minimum Gasteiger partial charge on any atom is -0.469 e. The summed E-state index contributed by atoms with van der Waals surface area (Å²) in [5.41, 5.74) is 0.834. The third-order valence-corrected chi connectivity index (χ3v) is 5.23. The van der Waals surface area contributed by atoms with Gasteiger partial charge < -0.3 is 13.8 Å². The predicted molar refractivity (Wildman–Crippen MR) is 91.0 cm³/mol. The molecule has 1 N–H and O–H groups in total. The summed E-state index contributed by atoms with van der Waals surface area (Å²) in [6, 6.07) is 7.63. The number of aryl methyl sites for hydroxylation is 1. The zero-order valence-electron chi connectivity index (χ0n) is 13.2. The highest BCUT2D eigenvalue weighted by atomic mass is 32.1. The number of amides is 2. The molecule has 1 aliphatic heterocycles. The molecule has 0 aliphatic carbocycles. The van der Waals surface area contributed by atoms with E-state index in [2.05, 4.69) is 16.5 Å². The van der Waals surface area contributed by atoms with Crippen LogP contribution in [0.2, 0.25) is 0 Å². The van der Waals surface area contributed by atoms with Crippen molar-refractivity contribution in [1.82, 2.24) is 10.1 Å². The molecule has 3 aromatic rings. The SMILES string of the molecule is Cc1occc1-c1cc(NC(=O)N2CCC[C@@H]2c2cccs2)no1. The van der Waals surface area contributed by atoms with Crippen molar-refractivity contribution >= 4 is 23.2 Å². The quantitative estimate of drug-likeness (QED) is 0.750. The number of hydrogen-bond acceptors (Lipinski definition) is 5. The lowest BCUT2D eigenvalue weighted by atomic mass is 10.2. The predicted octanol–water partition coefficient (Wildman–Crippen LogP) is 4.67. The number of furan rings is 1. The maximum Gasteiger partial charge on any atom is 0.323 e. The van der Waals surface area contributed by atoms with Gasteiger partial charge in [-0.2, -0.15) is 0 Å². The molecule has 1 aliphatic rings. The molecule has 1 atom stereocenters. The summed E-state index contributed by atoms with van der Waals surface area (Å²) in [5, 5.41) is 8.82. The van der Waals surface area contributed by atoms with Crippen molar-refractivity contribution in [2.24, 2.45) is 0 Å². The first kappa shape index (κ1) is 15.0. The van der Waals surface area contributed by atoms with Crippen molar-refractivity contribution in [1.29, 1.82) is 0 Å². The lowest BCUT2D eigenvalue weighted by Gasteiger charge is -2.23. The number of thiophene rings is 1. The molecule has 1 saturated heterocycles. The fourth-order valence-electron chi connectivity index (χ4n) is 3.07. The summed E-state index contributed by atoms with van der Waals surface area (Å²) in [5.74, 6) is 1.74. The van der Waals surface area contributed by atoms with Crippen LogP contribution in [-0.4, -0.2) is 22.6 Å². The highest BCUT2D eigenvalue weighted by molar-refractivity contribution is 7.10. The van der Waals surface area contributed by atoms with Crippen LogP contribution in [0.25, 0.3) is 11.3 Å². The smallest absolute Gasteiger partial charge is 0.323 e. The van der Waals surface area contributed by atoms with Gasteiger partial charge in [0.05, 0.1) is 17.9 Å². The zero-order valence-corrected chi connectivity index (χ0v) is 14.0. The van der Waals surface area contributed by atoms with E-state index in [1.807, 2.05) is 29.3 Å². The highest BCUT2D eigenvalue weighted by Gasteiger charge is 2.31. The van der Waals surface area contributed by atoms with Gasteiger partial charge in [0, 0.05) is 17.5 Å². The first-order valence-electron chi connectivity index (χ1n) is 7.84. The Morgan fingerprint density at radius 1 is 1.46 bits per heavy atom. The van der Waals surface area contributed by atoms with Crippen LogP contribution >= 0.6 is 11.3 Å². The summed E-state index contributed by atoms with van der Waals surface area (Å²) in [6.07, 6.45) is 3.60. The Labute approximate surface area is 143 Å². The Bertz CT molecular complexity index is 837. The van der Waals surface area contributed by atoms with Crippen LogP contribution in [0.4, 0.5) is 10.6 Å². The molecule has 0 unspecified atom stereocenters. The molecule has 4 heterocycles. The number of nitrogens with one attached hydrogen (secondary N) is 1. The van der Waals surface area contributed by atoms with Crippen LogP contribution in [0.15, 0.2) is 44.8 Å². The van der Waals surface area contributed by atoms with E-state index in [4.69, 9.17) is 8.94 Å². The summed E-state index contributed by atoms with van der Waals surface area (Å²) < 4.78 is 10.6. The zero-order chi connectivity index (χ0) is 16.5. The molecule has 124 valence electrons. The number of urea groups is 1. The van der Waals surface area contributed by atoms with Crippen molar-refractivity contribution in [3.8, 4) is 11.3 Å². The lowest BCUT2D eigenvalue weighted by molar-refractivity contribution is 0.207. The van der Waals surface area contributed by atoms with Crippen LogP contribution in [0, 0.1) is 6.92 Å². The molecule has 0 radical (unpaired) electrons. The molecule has 2 amide bonds. The van der Waals surface area contributed by atoms with Crippen LogP contribution in [-0.2, 0) is 0 Å². The lowest BCUT2D eigenvalue weighted by Crippen LogP contribution is -2.34. The molecule has 0 spiro atoms. The van der Waals surface area contributed by atoms with Gasteiger partial charge in [-0.05, 0) is 37.3 Å². The second-order valence-corrected chi connectivity index (χ2v) is 6.74. The number of rotatable bonds is 3. The molecule has 3 aromatic heterocycles. The van der Waals surface area contributed by atoms with Crippen molar-refractivity contribution in [2.45, 2.75) is 25.8 Å². The highest BCUT2D eigenvalue weighted by Crippen LogP contribution is 2.35. The van der Waals surface area contributed by atoms with E-state index < -0.39 is 0 Å². The van der Waals surface area contributed by atoms with Crippen LogP contribution in [0.5, 0.6) is 0 Å². The van der Waals surface area contributed by atoms with Crippen LogP contribution in [0.1, 0.15) is 29.5 Å². The van der Waals surface area contributed by atoms with Gasteiger partial charge >= 0.3 is 6.03 Å². The van der Waals surface area contributed by atoms with Crippen LogP contribution < -0.4 is 5.32 Å². The normalized spacial score (nSPS) is 17.4. The maximum atomic E-state index is 12.6. The first-order valence-corrected chi connectivity index (χ1v) is 8.72. The fraction of sp³-hybridized carbons (Fsp3) is 0.294. The summed E-state index contributed by atoms with van der Waals surface area (Å²) >= 11 is 1.69. The van der Waals surface area contributed by atoms with Gasteiger partial charge in [0.15, 0.2) is 11.6 Å². The molecular formula is C17H17N3O3S. The minimum atomic E-state index is -0.144. The number of likely N-dealkylation sites (tertiary alicyclic amines) is 1. The third-order valence-electron chi connectivity index (χ3n) is 4.25. The summed E-state index contributed by atoms with van der Waals surface area (Å²) in [6.45, 7) is 2.60. The molecular weight excluding hydrogens is 326 g/mol. The van der Waals surface area contributed by atoms with Gasteiger partial charge in [-0.3, -0.25) is 5.32 Å². The van der Waals surface area contributed by atoms with Gasteiger partial charge in [-0.1, -0.05) is 11.2 Å². The van der Waals surface area contributed by atoms with Crippen molar-refractivity contribution < 1.29 is 13.7 Å². The molecule has 0 bridgehead atoms. The molecule has 0 aromatic carbocycles. The van der Waals surface area contributed by atoms with E-state index in [-0.39, 0.29) is 12.1 Å². The van der Waals surface area contributed by atoms with Gasteiger partial charge in [-0.25, -0.2) is 4.79 Å². The van der Waals surface area contributed by atoms with Crippen LogP contribution in [0.3, 0.4) is 0 Å². The van der Waals surface area contributed by atoms with E-state index in [0.29, 0.717) is 11.6 Å². The molecule has 1 fully saturated rings. The molecule has 24 heavy (non-hydrogen) atoms. The van der Waals surface area contributed by atoms with Gasteiger partial charge in [0.2, 0.25) is 0 Å². The fourth-order valence-corrected chi connectivity index (χ4v) is 3.94. The van der Waals surface area contributed by atoms with Gasteiger partial charge in [0.25, 0.3) is 0 Å². The standard InChI is InChI=1S/C17H17N3O3S/c1-11-12(6-8-22-11)14-10-16(19-23-14)18-17(21)20-7-2-4-13(20)15-5-3-9-24-15/h3,5-6,8-10,13H,2,4,7H2,1H3,(H,18,19,21)/t13-/m1/s1. The second kappa shape index (κ2) is 6.16. The summed E-state index contributed by atoms with van der Waals surface area (Å²) in [7, 11) is 0. The van der Waals surface area contributed by atoms with Gasteiger partial charge in [-0.15, -0.1) is 11.3 Å². The monoisotopic (exact) mass is 343 g/mol. The average molecular weight is 343 g/mol. The number of hydrogen-bond donors (Lipinski definition) is 1. The Morgan fingerprint density at radius 3 is 3.12 bits per heavy atom. The van der Waals surface area contributed by atoms with Crippen molar-refractivity contribution in [3.05, 3.63) is 46.5 Å². The van der Waals surface area contributed by atoms with Crippen molar-refractivity contribution in [2.75, 3.05) is 11.9 Å². The second-order valence-electron chi connectivity index (χ2n) is 5.76.